The van der Waals surface area contributed by atoms with Gasteiger partial charge in [-0.3, -0.25) is 4.98 Å². The van der Waals surface area contributed by atoms with Gasteiger partial charge < -0.3 is 10.2 Å². The number of carbonyl (C=O) groups excluding carboxylic acids is 1. The third kappa shape index (κ3) is 4.55. The number of sulfone groups is 1. The normalized spacial score (nSPS) is 16.6. The fourth-order valence-corrected chi connectivity index (χ4v) is 3.80. The number of anilines is 1. The average molecular weight is 418 g/mol. The molecule has 28 heavy (non-hydrogen) atoms. The number of aromatic nitrogens is 2. The van der Waals surface area contributed by atoms with E-state index >= 15 is 0 Å². The summed E-state index contributed by atoms with van der Waals surface area (Å²) >= 11 is 0. The molecule has 3 heterocycles. The molecular formula is C16H14F4N4O3S. The van der Waals surface area contributed by atoms with Crippen LogP contribution in [0.4, 0.5) is 28.0 Å². The van der Waals surface area contributed by atoms with Crippen LogP contribution in [0.2, 0.25) is 0 Å². The zero-order valence-electron chi connectivity index (χ0n) is 14.2. The molecule has 1 aliphatic heterocycles. The molecule has 150 valence electrons. The quantitative estimate of drug-likeness (QED) is 0.757. The predicted octanol–water partition coefficient (Wildman–Crippen LogP) is 2.56. The SMILES string of the molecule is O=C(Nc1ccc(-c2cncc(F)c2)nc1C(F)(F)F)N1CCS(=O)(=O)CC1. The highest BCUT2D eigenvalue weighted by Crippen LogP contribution is 2.35. The Labute approximate surface area is 157 Å². The highest BCUT2D eigenvalue weighted by atomic mass is 32.2. The number of amides is 2. The van der Waals surface area contributed by atoms with E-state index in [1.54, 1.807) is 0 Å². The summed E-state index contributed by atoms with van der Waals surface area (Å²) in [4.78, 5) is 20.4. The van der Waals surface area contributed by atoms with Crippen molar-refractivity contribution in [2.45, 2.75) is 6.18 Å². The summed E-state index contributed by atoms with van der Waals surface area (Å²) in [5.74, 6) is -1.24. The van der Waals surface area contributed by atoms with Gasteiger partial charge in [-0.2, -0.15) is 13.2 Å². The number of carbonyl (C=O) groups is 1. The lowest BCUT2D eigenvalue weighted by Gasteiger charge is -2.27. The van der Waals surface area contributed by atoms with Gasteiger partial charge in [0, 0.05) is 24.8 Å². The number of hydrogen-bond acceptors (Lipinski definition) is 5. The zero-order chi connectivity index (χ0) is 20.5. The van der Waals surface area contributed by atoms with Crippen LogP contribution < -0.4 is 5.32 Å². The van der Waals surface area contributed by atoms with Crippen LogP contribution in [-0.4, -0.2) is 53.9 Å². The maximum absolute atomic E-state index is 13.4. The Morgan fingerprint density at radius 2 is 1.82 bits per heavy atom. The van der Waals surface area contributed by atoms with Gasteiger partial charge in [0.2, 0.25) is 0 Å². The Morgan fingerprint density at radius 1 is 1.14 bits per heavy atom. The molecule has 0 saturated carbocycles. The van der Waals surface area contributed by atoms with Crippen LogP contribution in [0.15, 0.2) is 30.6 Å². The fourth-order valence-electron chi connectivity index (χ4n) is 2.60. The van der Waals surface area contributed by atoms with Crippen LogP contribution in [0, 0.1) is 5.82 Å². The summed E-state index contributed by atoms with van der Waals surface area (Å²) in [6.07, 6.45) is -2.82. The van der Waals surface area contributed by atoms with Crippen LogP contribution >= 0.6 is 0 Å². The van der Waals surface area contributed by atoms with E-state index < -0.39 is 39.2 Å². The molecule has 0 aliphatic carbocycles. The van der Waals surface area contributed by atoms with E-state index in [0.717, 1.165) is 29.4 Å². The van der Waals surface area contributed by atoms with Gasteiger partial charge in [-0.1, -0.05) is 0 Å². The summed E-state index contributed by atoms with van der Waals surface area (Å²) in [7, 11) is -3.24. The maximum atomic E-state index is 13.4. The standard InChI is InChI=1S/C16H14F4N4O3S/c17-11-7-10(8-21-9-11)12-1-2-13(14(22-12)16(18,19)20)23-15(25)24-3-5-28(26,27)6-4-24/h1-2,7-9H,3-6H2,(H,23,25). The van der Waals surface area contributed by atoms with Crippen LogP contribution in [0.25, 0.3) is 11.3 Å². The molecule has 2 amide bonds. The Balaban J connectivity index is 1.87. The summed E-state index contributed by atoms with van der Waals surface area (Å²) in [5.41, 5.74) is -2.06. The first kappa shape index (κ1) is 20.0. The lowest BCUT2D eigenvalue weighted by atomic mass is 10.1. The van der Waals surface area contributed by atoms with Gasteiger partial charge in [-0.15, -0.1) is 0 Å². The second-order valence-electron chi connectivity index (χ2n) is 6.05. The third-order valence-electron chi connectivity index (χ3n) is 4.04. The number of halogens is 4. The summed E-state index contributed by atoms with van der Waals surface area (Å²) in [6.45, 7) is -0.230. The minimum Gasteiger partial charge on any atom is -0.322 e. The predicted molar refractivity (Wildman–Crippen MR) is 91.7 cm³/mol. The molecule has 0 aromatic carbocycles. The first-order chi connectivity index (χ1) is 13.0. The summed E-state index contributed by atoms with van der Waals surface area (Å²) in [6, 6.07) is 2.33. The lowest BCUT2D eigenvalue weighted by molar-refractivity contribution is -0.140. The molecule has 0 bridgehead atoms. The van der Waals surface area contributed by atoms with Crippen molar-refractivity contribution in [2.75, 3.05) is 29.9 Å². The molecule has 0 atom stereocenters. The first-order valence-electron chi connectivity index (χ1n) is 8.01. The Hall–Kier alpha value is -2.76. The number of rotatable bonds is 2. The molecule has 1 fully saturated rings. The Morgan fingerprint density at radius 3 is 2.43 bits per heavy atom. The van der Waals surface area contributed by atoms with Crippen molar-refractivity contribution >= 4 is 21.6 Å². The van der Waals surface area contributed by atoms with Gasteiger partial charge in [-0.25, -0.2) is 22.6 Å². The van der Waals surface area contributed by atoms with Crippen molar-refractivity contribution in [3.05, 3.63) is 42.1 Å². The van der Waals surface area contributed by atoms with Crippen LogP contribution in [0.1, 0.15) is 5.69 Å². The van der Waals surface area contributed by atoms with Crippen molar-refractivity contribution in [2.24, 2.45) is 0 Å². The molecule has 12 heteroatoms. The molecule has 2 aromatic heterocycles. The second kappa shape index (κ2) is 7.34. The zero-order valence-corrected chi connectivity index (χ0v) is 15.0. The Kier molecular flexibility index (Phi) is 5.24. The second-order valence-corrected chi connectivity index (χ2v) is 8.35. The molecule has 1 N–H and O–H groups in total. The van der Waals surface area contributed by atoms with Crippen LogP contribution in [0.5, 0.6) is 0 Å². The summed E-state index contributed by atoms with van der Waals surface area (Å²) in [5, 5.41) is 2.12. The minimum atomic E-state index is -4.88. The highest BCUT2D eigenvalue weighted by Gasteiger charge is 2.37. The third-order valence-corrected chi connectivity index (χ3v) is 5.65. The van der Waals surface area contributed by atoms with Gasteiger partial charge in [0.25, 0.3) is 0 Å². The smallest absolute Gasteiger partial charge is 0.322 e. The largest absolute Gasteiger partial charge is 0.435 e. The molecule has 1 saturated heterocycles. The number of alkyl halides is 3. The molecule has 3 rings (SSSR count). The van der Waals surface area contributed by atoms with E-state index in [-0.39, 0.29) is 35.9 Å². The van der Waals surface area contributed by atoms with Crippen molar-refractivity contribution in [3.63, 3.8) is 0 Å². The van der Waals surface area contributed by atoms with E-state index in [1.165, 1.54) is 6.07 Å². The Bertz CT molecular complexity index is 997. The molecule has 7 nitrogen and oxygen atoms in total. The summed E-state index contributed by atoms with van der Waals surface area (Å²) < 4.78 is 76.4. The van der Waals surface area contributed by atoms with E-state index in [1.807, 2.05) is 0 Å². The number of urea groups is 1. The monoisotopic (exact) mass is 418 g/mol. The van der Waals surface area contributed by atoms with Gasteiger partial charge in [-0.05, 0) is 18.2 Å². The minimum absolute atomic E-state index is 0.0459. The van der Waals surface area contributed by atoms with Crippen molar-refractivity contribution in [3.8, 4) is 11.3 Å². The molecule has 0 unspecified atom stereocenters. The van der Waals surface area contributed by atoms with E-state index in [4.69, 9.17) is 0 Å². The molecular weight excluding hydrogens is 404 g/mol. The van der Waals surface area contributed by atoms with Crippen molar-refractivity contribution < 1.29 is 30.8 Å². The van der Waals surface area contributed by atoms with Crippen molar-refractivity contribution in [1.29, 1.82) is 0 Å². The average Bonchev–Trinajstić information content (AvgIpc) is 2.61. The number of nitrogens with one attached hydrogen (secondary N) is 1. The maximum Gasteiger partial charge on any atom is 0.435 e. The van der Waals surface area contributed by atoms with E-state index in [9.17, 15) is 30.8 Å². The van der Waals surface area contributed by atoms with Crippen LogP contribution in [0.3, 0.4) is 0 Å². The molecule has 2 aromatic rings. The lowest BCUT2D eigenvalue weighted by Crippen LogP contribution is -2.45. The van der Waals surface area contributed by atoms with Crippen molar-refractivity contribution in [1.82, 2.24) is 14.9 Å². The first-order valence-corrected chi connectivity index (χ1v) is 9.83. The van der Waals surface area contributed by atoms with Gasteiger partial charge >= 0.3 is 12.2 Å². The molecule has 1 aliphatic rings. The van der Waals surface area contributed by atoms with Gasteiger partial charge in [0.1, 0.15) is 5.82 Å². The molecule has 0 spiro atoms. The number of pyridine rings is 2. The van der Waals surface area contributed by atoms with E-state index in [2.05, 4.69) is 15.3 Å². The van der Waals surface area contributed by atoms with Gasteiger partial charge in [0.05, 0.1) is 29.1 Å². The topological polar surface area (TPSA) is 92.3 Å². The highest BCUT2D eigenvalue weighted by molar-refractivity contribution is 7.91. The van der Waals surface area contributed by atoms with Gasteiger partial charge in [0.15, 0.2) is 15.5 Å². The van der Waals surface area contributed by atoms with Crippen LogP contribution in [-0.2, 0) is 16.0 Å². The van der Waals surface area contributed by atoms with E-state index in [0.29, 0.717) is 0 Å². The fraction of sp³-hybridized carbons (Fsp3) is 0.312. The number of nitrogens with zero attached hydrogens (tertiary/aromatic N) is 3. The number of hydrogen-bond donors (Lipinski definition) is 1. The molecule has 0 radical (unpaired) electrons.